The molecule has 0 amide bonds. The lowest BCUT2D eigenvalue weighted by Gasteiger charge is -2.22. The molecule has 0 radical (unpaired) electrons. The SMILES string of the molecule is CCCCCCOCC(CC)C(Cl)(Cl)Cl. The van der Waals surface area contributed by atoms with Crippen LogP contribution in [-0.2, 0) is 4.74 Å². The Labute approximate surface area is 108 Å². The number of hydrogen-bond donors (Lipinski definition) is 0. The Morgan fingerprint density at radius 3 is 2.20 bits per heavy atom. The lowest BCUT2D eigenvalue weighted by molar-refractivity contribution is 0.0957. The molecule has 0 saturated heterocycles. The number of rotatable bonds is 8. The zero-order chi connectivity index (χ0) is 11.7. The van der Waals surface area contributed by atoms with Crippen molar-refractivity contribution >= 4 is 34.8 Å². The zero-order valence-electron chi connectivity index (χ0n) is 9.57. The highest BCUT2D eigenvalue weighted by Crippen LogP contribution is 2.36. The summed E-state index contributed by atoms with van der Waals surface area (Å²) in [6.07, 6.45) is 5.66. The van der Waals surface area contributed by atoms with Gasteiger partial charge in [0.15, 0.2) is 3.79 Å². The Morgan fingerprint density at radius 2 is 1.73 bits per heavy atom. The Kier molecular flexibility index (Phi) is 9.42. The first kappa shape index (κ1) is 15.8. The Hall–Kier alpha value is 0.830. The normalized spacial score (nSPS) is 14.2. The summed E-state index contributed by atoms with van der Waals surface area (Å²) in [5.41, 5.74) is 0. The molecule has 0 spiro atoms. The third-order valence-corrected chi connectivity index (χ3v) is 3.34. The summed E-state index contributed by atoms with van der Waals surface area (Å²) in [6, 6.07) is 0. The average molecular weight is 276 g/mol. The van der Waals surface area contributed by atoms with Crippen molar-refractivity contribution in [1.82, 2.24) is 0 Å². The van der Waals surface area contributed by atoms with Crippen LogP contribution in [0.1, 0.15) is 46.0 Å². The van der Waals surface area contributed by atoms with E-state index < -0.39 is 3.79 Å². The van der Waals surface area contributed by atoms with Gasteiger partial charge in [-0.25, -0.2) is 0 Å². The van der Waals surface area contributed by atoms with Crippen molar-refractivity contribution in [2.24, 2.45) is 5.92 Å². The number of halogens is 3. The fourth-order valence-electron chi connectivity index (χ4n) is 1.30. The van der Waals surface area contributed by atoms with Gasteiger partial charge < -0.3 is 4.74 Å². The predicted molar refractivity (Wildman–Crippen MR) is 69.0 cm³/mol. The van der Waals surface area contributed by atoms with Gasteiger partial charge >= 0.3 is 0 Å². The topological polar surface area (TPSA) is 9.23 Å². The molecule has 1 atom stereocenters. The molecule has 0 rings (SSSR count). The fraction of sp³-hybridized carbons (Fsp3) is 1.00. The first-order valence-corrected chi connectivity index (χ1v) is 6.80. The summed E-state index contributed by atoms with van der Waals surface area (Å²) in [7, 11) is 0. The fourth-order valence-corrected chi connectivity index (χ4v) is 1.95. The van der Waals surface area contributed by atoms with Crippen LogP contribution in [0.25, 0.3) is 0 Å². The summed E-state index contributed by atoms with van der Waals surface area (Å²) < 4.78 is 4.31. The molecule has 0 aliphatic carbocycles. The molecular weight excluding hydrogens is 254 g/mol. The number of hydrogen-bond acceptors (Lipinski definition) is 1. The summed E-state index contributed by atoms with van der Waals surface area (Å²) in [5.74, 6) is -0.00586. The largest absolute Gasteiger partial charge is 0.381 e. The number of ether oxygens (including phenoxy) is 1. The smallest absolute Gasteiger partial charge is 0.195 e. The molecule has 1 nitrogen and oxygen atoms in total. The molecular formula is C11H21Cl3O. The highest BCUT2D eigenvalue weighted by Gasteiger charge is 2.30. The summed E-state index contributed by atoms with van der Waals surface area (Å²) in [5, 5.41) is 0. The van der Waals surface area contributed by atoms with Crippen LogP contribution in [0.2, 0.25) is 0 Å². The van der Waals surface area contributed by atoms with Gasteiger partial charge in [-0.15, -0.1) is 0 Å². The molecule has 15 heavy (non-hydrogen) atoms. The molecule has 0 aliphatic heterocycles. The Bertz CT molecular complexity index is 145. The van der Waals surface area contributed by atoms with Crippen LogP contribution < -0.4 is 0 Å². The molecule has 4 heteroatoms. The van der Waals surface area contributed by atoms with E-state index in [4.69, 9.17) is 39.5 Å². The van der Waals surface area contributed by atoms with Gasteiger partial charge in [0, 0.05) is 12.5 Å². The van der Waals surface area contributed by atoms with E-state index in [1.807, 2.05) is 6.92 Å². The number of alkyl halides is 3. The van der Waals surface area contributed by atoms with E-state index in [9.17, 15) is 0 Å². The van der Waals surface area contributed by atoms with Gasteiger partial charge in [-0.1, -0.05) is 67.9 Å². The molecule has 0 saturated carbocycles. The summed E-state index contributed by atoms with van der Waals surface area (Å²) in [4.78, 5) is 0. The number of unbranched alkanes of at least 4 members (excludes halogenated alkanes) is 3. The van der Waals surface area contributed by atoms with E-state index in [0.29, 0.717) is 6.61 Å². The minimum atomic E-state index is -1.20. The molecule has 0 N–H and O–H groups in total. The van der Waals surface area contributed by atoms with Crippen molar-refractivity contribution in [3.05, 3.63) is 0 Å². The van der Waals surface area contributed by atoms with Gasteiger partial charge in [0.1, 0.15) is 0 Å². The molecule has 0 aromatic rings. The van der Waals surface area contributed by atoms with Gasteiger partial charge in [0.25, 0.3) is 0 Å². The third-order valence-electron chi connectivity index (χ3n) is 2.42. The van der Waals surface area contributed by atoms with Gasteiger partial charge in [-0.05, 0) is 12.8 Å². The maximum absolute atomic E-state index is 5.81. The van der Waals surface area contributed by atoms with E-state index in [0.717, 1.165) is 19.4 Å². The van der Waals surface area contributed by atoms with E-state index in [1.54, 1.807) is 0 Å². The first-order valence-electron chi connectivity index (χ1n) is 5.66. The second-order valence-corrected chi connectivity index (χ2v) is 6.15. The van der Waals surface area contributed by atoms with Gasteiger partial charge in [0.05, 0.1) is 6.61 Å². The molecule has 0 heterocycles. The molecule has 0 aromatic heterocycles. The summed E-state index contributed by atoms with van der Waals surface area (Å²) >= 11 is 17.4. The highest BCUT2D eigenvalue weighted by atomic mass is 35.6. The third kappa shape index (κ3) is 8.62. The molecule has 0 aliphatic rings. The van der Waals surface area contributed by atoms with Crippen molar-refractivity contribution in [2.75, 3.05) is 13.2 Å². The van der Waals surface area contributed by atoms with Crippen LogP contribution in [0.4, 0.5) is 0 Å². The quantitative estimate of drug-likeness (QED) is 0.448. The standard InChI is InChI=1S/C11H21Cl3O/c1-3-5-6-7-8-15-9-10(4-2)11(12,13)14/h10H,3-9H2,1-2H3. The highest BCUT2D eigenvalue weighted by molar-refractivity contribution is 6.67. The lowest BCUT2D eigenvalue weighted by atomic mass is 10.1. The molecule has 0 fully saturated rings. The van der Waals surface area contributed by atoms with Gasteiger partial charge in [-0.3, -0.25) is 0 Å². The predicted octanol–water partition coefficient (Wildman–Crippen LogP) is 4.98. The van der Waals surface area contributed by atoms with Crippen LogP contribution in [-0.4, -0.2) is 17.0 Å². The van der Waals surface area contributed by atoms with Crippen molar-refractivity contribution in [3.63, 3.8) is 0 Å². The van der Waals surface area contributed by atoms with Crippen LogP contribution in [0.3, 0.4) is 0 Å². The van der Waals surface area contributed by atoms with Crippen molar-refractivity contribution < 1.29 is 4.74 Å². The van der Waals surface area contributed by atoms with Crippen molar-refractivity contribution in [1.29, 1.82) is 0 Å². The van der Waals surface area contributed by atoms with Crippen LogP contribution >= 0.6 is 34.8 Å². The van der Waals surface area contributed by atoms with Gasteiger partial charge in [0.2, 0.25) is 0 Å². The van der Waals surface area contributed by atoms with Crippen LogP contribution in [0.15, 0.2) is 0 Å². The Balaban J connectivity index is 3.48. The summed E-state index contributed by atoms with van der Waals surface area (Å²) in [6.45, 7) is 5.51. The van der Waals surface area contributed by atoms with E-state index in [2.05, 4.69) is 6.92 Å². The lowest BCUT2D eigenvalue weighted by Crippen LogP contribution is -2.24. The monoisotopic (exact) mass is 274 g/mol. The minimum Gasteiger partial charge on any atom is -0.381 e. The second kappa shape index (κ2) is 8.92. The van der Waals surface area contributed by atoms with Crippen molar-refractivity contribution in [2.45, 2.75) is 49.7 Å². The van der Waals surface area contributed by atoms with Crippen LogP contribution in [0, 0.1) is 5.92 Å². The van der Waals surface area contributed by atoms with Crippen LogP contribution in [0.5, 0.6) is 0 Å². The van der Waals surface area contributed by atoms with E-state index >= 15 is 0 Å². The molecule has 1 unspecified atom stereocenters. The molecule has 0 bridgehead atoms. The Morgan fingerprint density at radius 1 is 1.07 bits per heavy atom. The van der Waals surface area contributed by atoms with Gasteiger partial charge in [-0.2, -0.15) is 0 Å². The average Bonchev–Trinajstić information content (AvgIpc) is 2.15. The maximum atomic E-state index is 5.81. The van der Waals surface area contributed by atoms with E-state index in [-0.39, 0.29) is 5.92 Å². The van der Waals surface area contributed by atoms with E-state index in [1.165, 1.54) is 19.3 Å². The second-order valence-electron chi connectivity index (χ2n) is 3.78. The molecule has 92 valence electrons. The minimum absolute atomic E-state index is 0.00586. The van der Waals surface area contributed by atoms with Crippen molar-refractivity contribution in [3.8, 4) is 0 Å². The first-order chi connectivity index (χ1) is 7.02. The molecule has 0 aromatic carbocycles. The zero-order valence-corrected chi connectivity index (χ0v) is 11.8. The maximum Gasteiger partial charge on any atom is 0.195 e.